The predicted molar refractivity (Wildman–Crippen MR) is 40.1 cm³/mol. The van der Waals surface area contributed by atoms with E-state index in [4.69, 9.17) is 0 Å². The van der Waals surface area contributed by atoms with Gasteiger partial charge in [0.05, 0.1) is 0 Å². The molecule has 4 nitrogen and oxygen atoms in total. The molecule has 6 heteroatoms. The van der Waals surface area contributed by atoms with Crippen molar-refractivity contribution in [1.29, 1.82) is 0 Å². The average molecular weight is 432 g/mol. The number of nitrogens with one attached hydrogen (secondary N) is 1. The van der Waals surface area contributed by atoms with Crippen molar-refractivity contribution in [1.82, 2.24) is 9.62 Å². The summed E-state index contributed by atoms with van der Waals surface area (Å²) in [5.41, 5.74) is 0. The zero-order valence-corrected chi connectivity index (χ0v) is 14.2. The predicted octanol–water partition coefficient (Wildman–Crippen LogP) is -0.678. The van der Waals surface area contributed by atoms with E-state index in [1.165, 1.54) is 0 Å². The Hall–Kier alpha value is -0.970. The van der Waals surface area contributed by atoms with Crippen molar-refractivity contribution in [3.05, 3.63) is 0 Å². The van der Waals surface area contributed by atoms with Gasteiger partial charge in [-0.15, -0.1) is 0 Å². The fraction of sp³-hybridized carbons (Fsp3) is 1.00. The summed E-state index contributed by atoms with van der Waals surface area (Å²) in [5, 5.41) is 0. The van der Waals surface area contributed by atoms with E-state index < -0.39 is 11.3 Å². The van der Waals surface area contributed by atoms with Gasteiger partial charge < -0.3 is 9.45 Å². The van der Waals surface area contributed by atoms with Gasteiger partial charge in [-0.1, -0.05) is 0 Å². The van der Waals surface area contributed by atoms with Crippen molar-refractivity contribution in [3.8, 4) is 0 Å². The molecule has 0 aromatic carbocycles. The van der Waals surface area contributed by atoms with Gasteiger partial charge in [0, 0.05) is 17.8 Å². The zero-order chi connectivity index (χ0) is 7.98. The first kappa shape index (κ1) is 12.7. The van der Waals surface area contributed by atoms with Crippen LogP contribution in [-0.4, -0.2) is 40.8 Å². The van der Waals surface area contributed by atoms with Gasteiger partial charge in [-0.25, -0.2) is 4.72 Å². The molecule has 0 spiro atoms. The largest absolute Gasteiger partial charge is 0.760 e. The summed E-state index contributed by atoms with van der Waals surface area (Å²) in [6, 6.07) is 0. The second kappa shape index (κ2) is 7.14. The molecule has 0 fully saturated rings. The van der Waals surface area contributed by atoms with Crippen LogP contribution in [0.4, 0.5) is 0 Å². The van der Waals surface area contributed by atoms with E-state index in [1.54, 1.807) is 0 Å². The maximum absolute atomic E-state index is 9.92. The molecule has 1 N–H and O–H groups in total. The maximum atomic E-state index is 9.92. The molecule has 11 heavy (non-hydrogen) atoms. The minimum absolute atomic E-state index is 0. The van der Waals surface area contributed by atoms with Gasteiger partial charge >= 0.3 is 0 Å². The van der Waals surface area contributed by atoms with Crippen LogP contribution in [0.1, 0.15) is 6.42 Å². The van der Waals surface area contributed by atoms with Gasteiger partial charge in [-0.3, -0.25) is 4.21 Å². The Bertz CT molecular complexity index is 113. The van der Waals surface area contributed by atoms with Gasteiger partial charge in [0.15, 0.2) is 0 Å². The van der Waals surface area contributed by atoms with Crippen LogP contribution in [0.2, 0.25) is 0 Å². The summed E-state index contributed by atoms with van der Waals surface area (Å²) in [5.74, 6) is 0. The molecule has 0 heterocycles. The quantitative estimate of drug-likeness (QED) is 0.463. The van der Waals surface area contributed by atoms with Crippen molar-refractivity contribution in [2.75, 3.05) is 27.2 Å². The minimum atomic E-state index is -2.10. The Balaban J connectivity index is 0. The summed E-state index contributed by atoms with van der Waals surface area (Å²) in [6.45, 7) is 1.43. The molecule has 0 rings (SSSR count). The third kappa shape index (κ3) is 12.3. The van der Waals surface area contributed by atoms with Gasteiger partial charge in [-0.2, -0.15) is 0 Å². The summed E-state index contributed by atoms with van der Waals surface area (Å²) in [4.78, 5) is 2.01. The molecule has 0 aliphatic heterocycles. The molecule has 0 amide bonds. The molecule has 0 saturated carbocycles. The van der Waals surface area contributed by atoms with Gasteiger partial charge in [0.2, 0.25) is 0 Å². The van der Waals surface area contributed by atoms with Crippen LogP contribution in [0.15, 0.2) is 0 Å². The van der Waals surface area contributed by atoms with Crippen LogP contribution in [-0.2, 0) is 11.3 Å². The molecule has 1 atom stereocenters. The topological polar surface area (TPSA) is 55.4 Å². The molecular formula is C5H13N2O2RfS-. The van der Waals surface area contributed by atoms with E-state index >= 15 is 0 Å². The van der Waals surface area contributed by atoms with Gasteiger partial charge in [0.1, 0.15) is 0 Å². The van der Waals surface area contributed by atoms with E-state index in [1.807, 2.05) is 19.0 Å². The van der Waals surface area contributed by atoms with E-state index in [-0.39, 0.29) is 0 Å². The standard InChI is InChI=1S/C5H14N2O2S.Rf/c1-7(2)5-3-4-6-10(8)9;/h6H,3-5H2,1-2H3,(H,8,9);/p-1. The Morgan fingerprint density at radius 1 is 1.55 bits per heavy atom. The Morgan fingerprint density at radius 3 is 2.45 bits per heavy atom. The molecule has 0 aliphatic rings. The molecular weight excluding hydrogens is 419 g/mol. The first-order valence-corrected chi connectivity index (χ1v) is 4.18. The fourth-order valence-corrected chi connectivity index (χ4v) is 0.862. The molecule has 0 bridgehead atoms. The molecule has 64 valence electrons. The molecule has 0 saturated heterocycles. The van der Waals surface area contributed by atoms with Crippen LogP contribution >= 0.6 is 0 Å². The van der Waals surface area contributed by atoms with E-state index in [2.05, 4.69) is 4.72 Å². The Kier molecular flexibility index (Phi) is 8.23. The summed E-state index contributed by atoms with van der Waals surface area (Å²) < 4.78 is 22.1. The third-order valence-electron chi connectivity index (χ3n) is 1.00. The fourth-order valence-electron chi connectivity index (χ4n) is 0.551. The number of rotatable bonds is 5. The van der Waals surface area contributed by atoms with Crippen LogP contribution in [0.25, 0.3) is 0 Å². The van der Waals surface area contributed by atoms with Crippen molar-refractivity contribution in [3.63, 3.8) is 0 Å². The molecule has 0 aliphatic carbocycles. The van der Waals surface area contributed by atoms with Crippen LogP contribution < -0.4 is 4.72 Å². The normalized spacial score (nSPS) is 12.7. The maximum Gasteiger partial charge on any atom is 0.0181 e. The van der Waals surface area contributed by atoms with Crippen LogP contribution in [0.3, 0.4) is 0 Å². The monoisotopic (exact) mass is 432 g/mol. The SMILES string of the molecule is CN(C)CCCNS(=O)[O-].[Rf]. The van der Waals surface area contributed by atoms with E-state index in [0.29, 0.717) is 6.54 Å². The van der Waals surface area contributed by atoms with Crippen LogP contribution in [0.5, 0.6) is 0 Å². The van der Waals surface area contributed by atoms with E-state index in [9.17, 15) is 8.76 Å². The van der Waals surface area contributed by atoms with Crippen LogP contribution in [0, 0.1) is 0 Å². The number of hydrogen-bond donors (Lipinski definition) is 1. The number of hydrogen-bond acceptors (Lipinski definition) is 3. The minimum Gasteiger partial charge on any atom is -0.760 e. The van der Waals surface area contributed by atoms with E-state index in [0.717, 1.165) is 13.0 Å². The Labute approximate surface area is 64.0 Å². The smallest absolute Gasteiger partial charge is 0.0181 e. The molecule has 1 unspecified atom stereocenters. The molecule has 0 aromatic heterocycles. The van der Waals surface area contributed by atoms with Gasteiger partial charge in [0.25, 0.3) is 0 Å². The average Bonchev–Trinajstić information content (AvgIpc) is 1.79. The zero-order valence-electron chi connectivity index (χ0n) is 7.00. The Morgan fingerprint density at radius 2 is 2.09 bits per heavy atom. The molecule has 0 aromatic rings. The third-order valence-corrected chi connectivity index (χ3v) is 1.44. The van der Waals surface area contributed by atoms with Gasteiger partial charge in [-0.05, 0) is 27.1 Å². The first-order valence-electron chi connectivity index (χ1n) is 3.10. The summed E-state index contributed by atoms with van der Waals surface area (Å²) in [7, 11) is 3.91. The molecule has 0 radical (unpaired) electrons. The van der Waals surface area contributed by atoms with Crippen molar-refractivity contribution >= 4 is 11.3 Å². The number of nitrogens with zero attached hydrogens (tertiary/aromatic N) is 1. The first-order chi connectivity index (χ1) is 4.63. The summed E-state index contributed by atoms with van der Waals surface area (Å²) >= 11 is -2.10. The second-order valence-electron chi connectivity index (χ2n) is 2.29. The van der Waals surface area contributed by atoms with Crippen molar-refractivity contribution < 1.29 is 8.76 Å². The van der Waals surface area contributed by atoms with Crippen molar-refractivity contribution in [2.45, 2.75) is 6.42 Å². The second-order valence-corrected chi connectivity index (χ2v) is 3.04. The summed E-state index contributed by atoms with van der Waals surface area (Å²) in [6.07, 6.45) is 0.848. The van der Waals surface area contributed by atoms with Crippen molar-refractivity contribution in [2.24, 2.45) is 0 Å².